The lowest BCUT2D eigenvalue weighted by Crippen LogP contribution is -2.42. The van der Waals surface area contributed by atoms with Crippen molar-refractivity contribution >= 4 is 11.9 Å². The Morgan fingerprint density at radius 2 is 2.07 bits per heavy atom. The maximum absolute atomic E-state index is 13.2. The Balaban J connectivity index is 1.96. The number of halogens is 4. The van der Waals surface area contributed by atoms with Crippen LogP contribution in [0.3, 0.4) is 0 Å². The third-order valence-electron chi connectivity index (χ3n) is 4.77. The predicted octanol–water partition coefficient (Wildman–Crippen LogP) is 3.55. The number of aliphatic imine (C=N–C) groups is 1. The molecule has 1 unspecified atom stereocenters. The lowest BCUT2D eigenvalue weighted by Gasteiger charge is -2.31. The molecule has 0 radical (unpaired) electrons. The summed E-state index contributed by atoms with van der Waals surface area (Å²) in [4.78, 5) is 18.3. The van der Waals surface area contributed by atoms with Crippen molar-refractivity contribution in [2.75, 3.05) is 26.2 Å². The van der Waals surface area contributed by atoms with E-state index >= 15 is 0 Å². The molecule has 1 heterocycles. The molecule has 1 aromatic rings. The molecule has 0 aliphatic carbocycles. The topological polar surface area (TPSA) is 56.7 Å². The number of amides is 1. The van der Waals surface area contributed by atoms with Gasteiger partial charge in [-0.1, -0.05) is 13.0 Å². The van der Waals surface area contributed by atoms with E-state index in [9.17, 15) is 22.4 Å². The predicted molar refractivity (Wildman–Crippen MR) is 104 cm³/mol. The van der Waals surface area contributed by atoms with Crippen molar-refractivity contribution in [3.63, 3.8) is 0 Å². The van der Waals surface area contributed by atoms with Gasteiger partial charge >= 0.3 is 6.18 Å². The molecule has 1 amide bonds. The van der Waals surface area contributed by atoms with Crippen molar-refractivity contribution in [3.8, 4) is 0 Å². The second-order valence-corrected chi connectivity index (χ2v) is 7.26. The summed E-state index contributed by atoms with van der Waals surface area (Å²) in [6, 6.07) is 2.55. The van der Waals surface area contributed by atoms with Gasteiger partial charge in [0.05, 0.1) is 12.1 Å². The number of nitrogens with one attached hydrogen (secondary N) is 2. The summed E-state index contributed by atoms with van der Waals surface area (Å²) in [5.41, 5.74) is -1.15. The Hall–Kier alpha value is -2.32. The number of alkyl halides is 3. The molecule has 0 saturated carbocycles. The summed E-state index contributed by atoms with van der Waals surface area (Å²) in [7, 11) is 0. The number of likely N-dealkylation sites (tertiary alicyclic amines) is 1. The molecule has 2 N–H and O–H groups in total. The molecular weight excluding hydrogens is 388 g/mol. The molecule has 1 saturated heterocycles. The number of benzene rings is 1. The van der Waals surface area contributed by atoms with E-state index in [1.54, 1.807) is 0 Å². The fourth-order valence-electron chi connectivity index (χ4n) is 3.32. The molecule has 1 aliphatic rings. The van der Waals surface area contributed by atoms with E-state index in [1.807, 2.05) is 11.8 Å². The number of hydrogen-bond acceptors (Lipinski definition) is 2. The van der Waals surface area contributed by atoms with Crippen molar-refractivity contribution in [1.82, 2.24) is 15.5 Å². The summed E-state index contributed by atoms with van der Waals surface area (Å²) in [5.74, 6) is -0.0822. The van der Waals surface area contributed by atoms with Crippen LogP contribution in [0.1, 0.15) is 44.2 Å². The van der Waals surface area contributed by atoms with Gasteiger partial charge < -0.3 is 15.5 Å². The summed E-state index contributed by atoms with van der Waals surface area (Å²) in [6.07, 6.45) is -2.25. The molecule has 5 nitrogen and oxygen atoms in total. The molecule has 9 heteroatoms. The largest absolute Gasteiger partial charge is 0.416 e. The normalized spacial score (nSPS) is 17.9. The van der Waals surface area contributed by atoms with Gasteiger partial charge in [0.1, 0.15) is 5.82 Å². The average molecular weight is 416 g/mol. The Labute approximate surface area is 168 Å². The van der Waals surface area contributed by atoms with E-state index in [0.29, 0.717) is 31.0 Å². The van der Waals surface area contributed by atoms with Crippen molar-refractivity contribution in [2.24, 2.45) is 10.9 Å². The smallest absolute Gasteiger partial charge is 0.357 e. The summed E-state index contributed by atoms with van der Waals surface area (Å²) >= 11 is 0. The first-order valence-electron chi connectivity index (χ1n) is 9.86. The van der Waals surface area contributed by atoms with Gasteiger partial charge in [0.2, 0.25) is 5.91 Å². The fraction of sp³-hybridized carbons (Fsp3) is 0.600. The Bertz CT molecular complexity index is 721. The second-order valence-electron chi connectivity index (χ2n) is 7.26. The van der Waals surface area contributed by atoms with Crippen LogP contribution in [0.5, 0.6) is 0 Å². The van der Waals surface area contributed by atoms with Crippen molar-refractivity contribution < 1.29 is 22.4 Å². The standard InChI is InChI=1S/C20H28F4N4O/c1-3-25-19(26-9-8-18(29)28-10-4-5-14(2)13-28)27-12-15-6-7-16(21)11-17(15)20(22,23)24/h6-7,11,14H,3-5,8-10,12-13H2,1-2H3,(H2,25,26,27). The Kier molecular flexibility index (Phi) is 8.28. The molecule has 0 spiro atoms. The highest BCUT2D eigenvalue weighted by Gasteiger charge is 2.33. The van der Waals surface area contributed by atoms with Gasteiger partial charge in [-0.3, -0.25) is 4.79 Å². The van der Waals surface area contributed by atoms with Gasteiger partial charge in [0.15, 0.2) is 5.96 Å². The lowest BCUT2D eigenvalue weighted by molar-refractivity contribution is -0.138. The van der Waals surface area contributed by atoms with Gasteiger partial charge in [-0.15, -0.1) is 0 Å². The first-order chi connectivity index (χ1) is 13.7. The van der Waals surface area contributed by atoms with Crippen LogP contribution in [0.2, 0.25) is 0 Å². The van der Waals surface area contributed by atoms with E-state index in [2.05, 4.69) is 22.5 Å². The number of piperidine rings is 1. The minimum Gasteiger partial charge on any atom is -0.357 e. The monoisotopic (exact) mass is 416 g/mol. The zero-order valence-corrected chi connectivity index (χ0v) is 16.8. The Morgan fingerprint density at radius 1 is 1.31 bits per heavy atom. The van der Waals surface area contributed by atoms with Crippen LogP contribution in [0.25, 0.3) is 0 Å². The number of carbonyl (C=O) groups is 1. The third-order valence-corrected chi connectivity index (χ3v) is 4.77. The zero-order valence-electron chi connectivity index (χ0n) is 16.8. The molecule has 1 atom stereocenters. The molecule has 29 heavy (non-hydrogen) atoms. The van der Waals surface area contributed by atoms with Crippen LogP contribution >= 0.6 is 0 Å². The van der Waals surface area contributed by atoms with Gasteiger partial charge in [-0.2, -0.15) is 13.2 Å². The highest BCUT2D eigenvalue weighted by Crippen LogP contribution is 2.32. The zero-order chi connectivity index (χ0) is 21.4. The third kappa shape index (κ3) is 7.21. The average Bonchev–Trinajstić information content (AvgIpc) is 2.66. The van der Waals surface area contributed by atoms with Crippen LogP contribution in [-0.2, 0) is 17.5 Å². The molecule has 1 fully saturated rings. The second kappa shape index (κ2) is 10.5. The van der Waals surface area contributed by atoms with E-state index in [-0.39, 0.29) is 24.4 Å². The number of carbonyl (C=O) groups excluding carboxylic acids is 1. The van der Waals surface area contributed by atoms with E-state index in [1.165, 1.54) is 0 Å². The minimum absolute atomic E-state index is 0.0535. The van der Waals surface area contributed by atoms with Crippen LogP contribution in [-0.4, -0.2) is 42.9 Å². The highest BCUT2D eigenvalue weighted by molar-refractivity contribution is 5.81. The SMILES string of the molecule is CCNC(=NCc1ccc(F)cc1C(F)(F)F)NCCC(=O)N1CCCC(C)C1. The van der Waals surface area contributed by atoms with Crippen LogP contribution < -0.4 is 10.6 Å². The lowest BCUT2D eigenvalue weighted by atomic mass is 10.00. The fourth-order valence-corrected chi connectivity index (χ4v) is 3.32. The molecule has 0 aromatic heterocycles. The number of rotatable bonds is 6. The molecular formula is C20H28F4N4O. The van der Waals surface area contributed by atoms with Crippen molar-refractivity contribution in [1.29, 1.82) is 0 Å². The molecule has 162 valence electrons. The van der Waals surface area contributed by atoms with Crippen LogP contribution in [0, 0.1) is 11.7 Å². The first-order valence-corrected chi connectivity index (χ1v) is 9.86. The molecule has 1 aromatic carbocycles. The highest BCUT2D eigenvalue weighted by atomic mass is 19.4. The van der Waals surface area contributed by atoms with Crippen LogP contribution in [0.15, 0.2) is 23.2 Å². The quantitative estimate of drug-likeness (QED) is 0.424. The van der Waals surface area contributed by atoms with Gasteiger partial charge in [-0.25, -0.2) is 9.38 Å². The van der Waals surface area contributed by atoms with Crippen molar-refractivity contribution in [3.05, 3.63) is 35.1 Å². The van der Waals surface area contributed by atoms with Crippen LogP contribution in [0.4, 0.5) is 17.6 Å². The molecule has 1 aliphatic heterocycles. The van der Waals surface area contributed by atoms with Gasteiger partial charge in [-0.05, 0) is 43.4 Å². The van der Waals surface area contributed by atoms with E-state index < -0.39 is 17.6 Å². The van der Waals surface area contributed by atoms with Gasteiger partial charge in [0, 0.05) is 32.6 Å². The van der Waals surface area contributed by atoms with Gasteiger partial charge in [0.25, 0.3) is 0 Å². The maximum Gasteiger partial charge on any atom is 0.416 e. The van der Waals surface area contributed by atoms with E-state index in [0.717, 1.165) is 38.1 Å². The molecule has 0 bridgehead atoms. The maximum atomic E-state index is 13.2. The first kappa shape index (κ1) is 23.0. The van der Waals surface area contributed by atoms with E-state index in [4.69, 9.17) is 0 Å². The number of hydrogen-bond donors (Lipinski definition) is 2. The summed E-state index contributed by atoms with van der Waals surface area (Å²) in [6.45, 7) is 6.06. The van der Waals surface area contributed by atoms with Crippen molar-refractivity contribution in [2.45, 2.75) is 45.8 Å². The number of nitrogens with zero attached hydrogens (tertiary/aromatic N) is 2. The summed E-state index contributed by atoms with van der Waals surface area (Å²) in [5, 5.41) is 5.92. The number of guanidine groups is 1. The molecule has 2 rings (SSSR count). The Morgan fingerprint density at radius 3 is 2.72 bits per heavy atom. The minimum atomic E-state index is -4.66. The summed E-state index contributed by atoms with van der Waals surface area (Å²) < 4.78 is 52.5.